The van der Waals surface area contributed by atoms with Gasteiger partial charge in [0.2, 0.25) is 0 Å². The van der Waals surface area contributed by atoms with E-state index in [0.29, 0.717) is 5.41 Å². The Morgan fingerprint density at radius 2 is 2.00 bits per heavy atom. The number of urea groups is 1. The van der Waals surface area contributed by atoms with E-state index in [1.54, 1.807) is 4.90 Å². The fourth-order valence-corrected chi connectivity index (χ4v) is 2.70. The van der Waals surface area contributed by atoms with Crippen LogP contribution in [0.3, 0.4) is 0 Å². The first kappa shape index (κ1) is 14.3. The van der Waals surface area contributed by atoms with E-state index in [2.05, 4.69) is 27.7 Å². The molecular formula is C14H28N2O. The fourth-order valence-electron chi connectivity index (χ4n) is 2.70. The van der Waals surface area contributed by atoms with Gasteiger partial charge < -0.3 is 10.6 Å². The number of nitrogens with zero attached hydrogens (tertiary/aromatic N) is 1. The Labute approximate surface area is 106 Å². The lowest BCUT2D eigenvalue weighted by molar-refractivity contribution is 0.0381. The zero-order chi connectivity index (χ0) is 13.1. The third-order valence-corrected chi connectivity index (χ3v) is 4.13. The van der Waals surface area contributed by atoms with Crippen LogP contribution in [0.4, 0.5) is 4.79 Å². The lowest BCUT2D eigenvalue weighted by atomic mass is 9.78. The molecule has 1 saturated heterocycles. The largest absolute Gasteiger partial charge is 0.351 e. The Hall–Kier alpha value is -0.730. The van der Waals surface area contributed by atoms with Crippen molar-refractivity contribution in [1.29, 1.82) is 0 Å². The normalized spacial score (nSPS) is 25.5. The van der Waals surface area contributed by atoms with Crippen molar-refractivity contribution in [3.8, 4) is 0 Å². The third kappa shape index (κ3) is 3.90. The summed E-state index contributed by atoms with van der Waals surface area (Å²) in [6.07, 6.45) is 5.21. The van der Waals surface area contributed by atoms with Crippen molar-refractivity contribution >= 4 is 6.03 Å². The van der Waals surface area contributed by atoms with E-state index in [9.17, 15) is 4.79 Å². The highest BCUT2D eigenvalue weighted by molar-refractivity contribution is 5.73. The molecule has 0 radical (unpaired) electrons. The van der Waals surface area contributed by atoms with Crippen LogP contribution in [0.5, 0.6) is 0 Å². The maximum absolute atomic E-state index is 10.8. The molecule has 1 atom stereocenters. The highest BCUT2D eigenvalue weighted by atomic mass is 16.2. The smallest absolute Gasteiger partial charge is 0.314 e. The molecule has 1 unspecified atom stereocenters. The summed E-state index contributed by atoms with van der Waals surface area (Å²) in [6, 6.07) is -0.250. The minimum Gasteiger partial charge on any atom is -0.351 e. The Morgan fingerprint density at radius 3 is 2.29 bits per heavy atom. The van der Waals surface area contributed by atoms with Crippen LogP contribution in [-0.2, 0) is 0 Å². The van der Waals surface area contributed by atoms with Crippen LogP contribution in [0.15, 0.2) is 0 Å². The molecule has 0 aromatic carbocycles. The minimum absolute atomic E-state index is 0.250. The van der Waals surface area contributed by atoms with Gasteiger partial charge in [0.25, 0.3) is 0 Å². The highest BCUT2D eigenvalue weighted by Crippen LogP contribution is 2.47. The maximum atomic E-state index is 10.8. The molecule has 1 heterocycles. The van der Waals surface area contributed by atoms with E-state index in [0.717, 1.165) is 24.9 Å². The summed E-state index contributed by atoms with van der Waals surface area (Å²) in [5, 5.41) is 0. The van der Waals surface area contributed by atoms with Crippen LogP contribution in [-0.4, -0.2) is 24.0 Å². The molecule has 3 heteroatoms. The van der Waals surface area contributed by atoms with E-state index in [1.807, 2.05) is 0 Å². The molecule has 1 saturated carbocycles. The predicted molar refractivity (Wildman–Crippen MR) is 71.7 cm³/mol. The summed E-state index contributed by atoms with van der Waals surface area (Å²) < 4.78 is 0. The molecule has 2 fully saturated rings. The second-order valence-corrected chi connectivity index (χ2v) is 6.34. The van der Waals surface area contributed by atoms with Gasteiger partial charge in [-0.3, -0.25) is 0 Å². The van der Waals surface area contributed by atoms with Gasteiger partial charge in [-0.25, -0.2) is 4.79 Å². The summed E-state index contributed by atoms with van der Waals surface area (Å²) in [4.78, 5) is 12.5. The van der Waals surface area contributed by atoms with Crippen LogP contribution < -0.4 is 5.73 Å². The van der Waals surface area contributed by atoms with Crippen molar-refractivity contribution in [2.45, 2.75) is 53.4 Å². The number of hydrogen-bond acceptors (Lipinski definition) is 1. The van der Waals surface area contributed by atoms with Crippen LogP contribution in [0, 0.1) is 17.3 Å². The van der Waals surface area contributed by atoms with Gasteiger partial charge in [-0.05, 0) is 24.7 Å². The minimum atomic E-state index is -0.250. The third-order valence-electron chi connectivity index (χ3n) is 4.13. The number of amides is 2. The Balaban J connectivity index is 0.000000249. The van der Waals surface area contributed by atoms with Gasteiger partial charge in [-0.15, -0.1) is 0 Å². The fraction of sp³-hybridized carbons (Fsp3) is 0.929. The second kappa shape index (κ2) is 5.74. The molecule has 2 N–H and O–H groups in total. The molecule has 0 aromatic rings. The average molecular weight is 240 g/mol. The van der Waals surface area contributed by atoms with Crippen LogP contribution in [0.25, 0.3) is 0 Å². The topological polar surface area (TPSA) is 46.3 Å². The maximum Gasteiger partial charge on any atom is 0.314 e. The summed E-state index contributed by atoms with van der Waals surface area (Å²) in [6.45, 7) is 10.8. The molecule has 2 amide bonds. The Kier molecular flexibility index (Phi) is 4.84. The van der Waals surface area contributed by atoms with Crippen LogP contribution in [0.1, 0.15) is 53.4 Å². The summed E-state index contributed by atoms with van der Waals surface area (Å²) in [5.74, 6) is 1.73. The molecule has 1 aliphatic heterocycles. The van der Waals surface area contributed by atoms with Crippen molar-refractivity contribution in [3.05, 3.63) is 0 Å². The van der Waals surface area contributed by atoms with Gasteiger partial charge in [0.05, 0.1) is 0 Å². The predicted octanol–water partition coefficient (Wildman–Crippen LogP) is 3.24. The zero-order valence-electron chi connectivity index (χ0n) is 11.8. The lowest BCUT2D eigenvalue weighted by Gasteiger charge is -2.47. The number of rotatable bonds is 1. The monoisotopic (exact) mass is 240 g/mol. The molecule has 2 rings (SSSR count). The van der Waals surface area contributed by atoms with Gasteiger partial charge in [-0.2, -0.15) is 0 Å². The van der Waals surface area contributed by atoms with Gasteiger partial charge in [0.1, 0.15) is 0 Å². The first-order valence-corrected chi connectivity index (χ1v) is 6.93. The number of carbonyl (C=O) groups excluding carboxylic acids is 1. The standard InChI is InChI=1S/C9H16N2O.C5H12/c1-7-2-3-9(4-7)5-11(6-9)8(10)12;1-4-5(2)3/h7H,2-6H2,1H3,(H2,10,12);5H,4H2,1-3H3. The van der Waals surface area contributed by atoms with Gasteiger partial charge >= 0.3 is 6.03 Å². The first-order valence-electron chi connectivity index (χ1n) is 6.93. The molecule has 1 spiro atoms. The molecule has 0 bridgehead atoms. The van der Waals surface area contributed by atoms with Gasteiger partial charge in [0, 0.05) is 18.5 Å². The molecule has 17 heavy (non-hydrogen) atoms. The number of likely N-dealkylation sites (tertiary alicyclic amines) is 1. The zero-order valence-corrected chi connectivity index (χ0v) is 11.8. The molecule has 3 nitrogen and oxygen atoms in total. The summed E-state index contributed by atoms with van der Waals surface area (Å²) >= 11 is 0. The molecule has 0 aromatic heterocycles. The number of nitrogens with two attached hydrogens (primary N) is 1. The first-order chi connectivity index (χ1) is 7.88. The molecular weight excluding hydrogens is 212 g/mol. The van der Waals surface area contributed by atoms with E-state index >= 15 is 0 Å². The number of primary amides is 1. The van der Waals surface area contributed by atoms with E-state index in [1.165, 1.54) is 25.7 Å². The molecule has 100 valence electrons. The lowest BCUT2D eigenvalue weighted by Crippen LogP contribution is -2.58. The summed E-state index contributed by atoms with van der Waals surface area (Å²) in [5.41, 5.74) is 5.64. The quantitative estimate of drug-likeness (QED) is 0.751. The molecule has 1 aliphatic carbocycles. The van der Waals surface area contributed by atoms with Gasteiger partial charge in [-0.1, -0.05) is 40.5 Å². The number of carbonyl (C=O) groups is 1. The van der Waals surface area contributed by atoms with Gasteiger partial charge in [0.15, 0.2) is 0 Å². The van der Waals surface area contributed by atoms with Crippen LogP contribution >= 0.6 is 0 Å². The van der Waals surface area contributed by atoms with Crippen molar-refractivity contribution < 1.29 is 4.79 Å². The van der Waals surface area contributed by atoms with E-state index in [4.69, 9.17) is 5.73 Å². The second-order valence-electron chi connectivity index (χ2n) is 6.34. The highest BCUT2D eigenvalue weighted by Gasteiger charge is 2.47. The number of hydrogen-bond donors (Lipinski definition) is 1. The Bertz CT molecular complexity index is 257. The molecule has 2 aliphatic rings. The summed E-state index contributed by atoms with van der Waals surface area (Å²) in [7, 11) is 0. The SMILES string of the molecule is CC1CCC2(C1)CN(C(N)=O)C2.CCC(C)C. The van der Waals surface area contributed by atoms with Crippen molar-refractivity contribution in [3.63, 3.8) is 0 Å². The average Bonchev–Trinajstić information content (AvgIpc) is 2.59. The van der Waals surface area contributed by atoms with Crippen molar-refractivity contribution in [1.82, 2.24) is 4.90 Å². The van der Waals surface area contributed by atoms with Crippen molar-refractivity contribution in [2.75, 3.05) is 13.1 Å². The van der Waals surface area contributed by atoms with E-state index in [-0.39, 0.29) is 6.03 Å². The Morgan fingerprint density at radius 1 is 1.47 bits per heavy atom. The van der Waals surface area contributed by atoms with Crippen LogP contribution in [0.2, 0.25) is 0 Å². The van der Waals surface area contributed by atoms with E-state index < -0.39 is 0 Å². The van der Waals surface area contributed by atoms with Crippen molar-refractivity contribution in [2.24, 2.45) is 23.0 Å².